The average Bonchev–Trinajstić information content (AvgIpc) is 2.76. The Morgan fingerprint density at radius 1 is 0.966 bits per heavy atom. The maximum absolute atomic E-state index is 12.7. The predicted octanol–water partition coefficient (Wildman–Crippen LogP) is 4.12. The van der Waals surface area contributed by atoms with Crippen molar-refractivity contribution in [3.8, 4) is 11.5 Å². The highest BCUT2D eigenvalue weighted by Crippen LogP contribution is 2.30. The maximum atomic E-state index is 12.7. The summed E-state index contributed by atoms with van der Waals surface area (Å²) in [6.45, 7) is 3.36. The van der Waals surface area contributed by atoms with E-state index in [1.165, 1.54) is 10.8 Å². The number of hydrogen-bond donors (Lipinski definition) is 1. The molecule has 0 saturated heterocycles. The van der Waals surface area contributed by atoms with Gasteiger partial charge in [-0.1, -0.05) is 36.4 Å². The van der Waals surface area contributed by atoms with Crippen LogP contribution in [0.1, 0.15) is 12.7 Å². The van der Waals surface area contributed by atoms with Crippen molar-refractivity contribution in [2.24, 2.45) is 0 Å². The van der Waals surface area contributed by atoms with Gasteiger partial charge in [-0.15, -0.1) is 0 Å². The molecule has 6 nitrogen and oxygen atoms in total. The summed E-state index contributed by atoms with van der Waals surface area (Å²) in [5, 5.41) is 2.83. The Morgan fingerprint density at radius 2 is 1.69 bits per heavy atom. The molecule has 6 heteroatoms. The normalized spacial score (nSPS) is 11.0. The Morgan fingerprint density at radius 3 is 2.45 bits per heavy atom. The zero-order valence-corrected chi connectivity index (χ0v) is 16.7. The lowest BCUT2D eigenvalue weighted by molar-refractivity contribution is 0.355. The van der Waals surface area contributed by atoms with Gasteiger partial charge in [0, 0.05) is 23.7 Å². The number of anilines is 1. The molecule has 148 valence electrons. The zero-order chi connectivity index (χ0) is 20.4. The maximum Gasteiger partial charge on any atom is 0.258 e. The second kappa shape index (κ2) is 7.83. The monoisotopic (exact) mass is 389 g/mol. The minimum Gasteiger partial charge on any atom is -0.493 e. The molecule has 0 aliphatic carbocycles. The van der Waals surface area contributed by atoms with Crippen molar-refractivity contribution < 1.29 is 9.47 Å². The molecule has 0 atom stereocenters. The molecule has 0 unspecified atom stereocenters. The number of nitrogens with zero attached hydrogens (tertiary/aromatic N) is 2. The Balaban J connectivity index is 1.76. The standard InChI is InChI=1S/C23H23N3O3/c1-4-26(19-11-7-9-15-8-5-6-10-16(15)19)14-22-24-18-13-21(29-3)20(28-2)12-17(18)23(27)25-22/h5-13H,4,14H2,1-3H3,(H,24,25,27). The van der Waals surface area contributed by atoms with Crippen molar-refractivity contribution in [1.82, 2.24) is 9.97 Å². The SMILES string of the molecule is CCN(Cc1nc2cc(OC)c(OC)cc2c(=O)[nH]1)c1cccc2ccccc12. The quantitative estimate of drug-likeness (QED) is 0.537. The van der Waals surface area contributed by atoms with Crippen LogP contribution in [0, 0.1) is 0 Å². The fourth-order valence-corrected chi connectivity index (χ4v) is 3.62. The number of aromatic amines is 1. The van der Waals surface area contributed by atoms with Gasteiger partial charge in [-0.25, -0.2) is 4.98 Å². The molecule has 1 aromatic heterocycles. The Kier molecular flexibility index (Phi) is 5.08. The van der Waals surface area contributed by atoms with E-state index in [1.54, 1.807) is 26.4 Å². The molecule has 3 aromatic carbocycles. The van der Waals surface area contributed by atoms with Crippen LogP contribution in [0.25, 0.3) is 21.7 Å². The van der Waals surface area contributed by atoms with E-state index in [4.69, 9.17) is 9.47 Å². The summed E-state index contributed by atoms with van der Waals surface area (Å²) >= 11 is 0. The van der Waals surface area contributed by atoms with Crippen LogP contribution in [0.4, 0.5) is 5.69 Å². The molecule has 0 radical (unpaired) electrons. The fraction of sp³-hybridized carbons (Fsp3) is 0.217. The number of benzene rings is 3. The van der Waals surface area contributed by atoms with Crippen molar-refractivity contribution in [3.63, 3.8) is 0 Å². The van der Waals surface area contributed by atoms with Gasteiger partial charge in [-0.3, -0.25) is 4.79 Å². The molecule has 0 fully saturated rings. The third kappa shape index (κ3) is 3.49. The van der Waals surface area contributed by atoms with E-state index in [2.05, 4.69) is 46.1 Å². The topological polar surface area (TPSA) is 67.5 Å². The van der Waals surface area contributed by atoms with Crippen molar-refractivity contribution in [2.45, 2.75) is 13.5 Å². The number of hydrogen-bond acceptors (Lipinski definition) is 5. The molecule has 29 heavy (non-hydrogen) atoms. The number of H-pyrrole nitrogens is 1. The zero-order valence-electron chi connectivity index (χ0n) is 16.7. The Bertz CT molecular complexity index is 1230. The number of fused-ring (bicyclic) bond motifs is 2. The van der Waals surface area contributed by atoms with Crippen molar-refractivity contribution >= 4 is 27.4 Å². The summed E-state index contributed by atoms with van der Waals surface area (Å²) in [7, 11) is 3.11. The highest BCUT2D eigenvalue weighted by atomic mass is 16.5. The molecular weight excluding hydrogens is 366 g/mol. The van der Waals surface area contributed by atoms with Crippen LogP contribution in [-0.2, 0) is 6.54 Å². The van der Waals surface area contributed by atoms with Gasteiger partial charge in [-0.05, 0) is 24.4 Å². The molecule has 0 bridgehead atoms. The van der Waals surface area contributed by atoms with Gasteiger partial charge in [0.2, 0.25) is 0 Å². The van der Waals surface area contributed by atoms with Gasteiger partial charge in [0.05, 0.1) is 31.7 Å². The highest BCUT2D eigenvalue weighted by Gasteiger charge is 2.14. The van der Waals surface area contributed by atoms with E-state index < -0.39 is 0 Å². The number of aromatic nitrogens is 2. The van der Waals surface area contributed by atoms with E-state index in [9.17, 15) is 4.79 Å². The first-order chi connectivity index (χ1) is 14.1. The first kappa shape index (κ1) is 18.8. The lowest BCUT2D eigenvalue weighted by Gasteiger charge is -2.24. The van der Waals surface area contributed by atoms with Gasteiger partial charge >= 0.3 is 0 Å². The van der Waals surface area contributed by atoms with Crippen LogP contribution in [0.5, 0.6) is 11.5 Å². The summed E-state index contributed by atoms with van der Waals surface area (Å²) in [5.41, 5.74) is 1.50. The van der Waals surface area contributed by atoms with Gasteiger partial charge < -0.3 is 19.4 Å². The van der Waals surface area contributed by atoms with Crippen LogP contribution in [0.3, 0.4) is 0 Å². The Hall–Kier alpha value is -3.54. The summed E-state index contributed by atoms with van der Waals surface area (Å²) in [5.74, 6) is 1.65. The third-order valence-corrected chi connectivity index (χ3v) is 5.09. The molecule has 0 spiro atoms. The molecule has 4 aromatic rings. The van der Waals surface area contributed by atoms with E-state index in [-0.39, 0.29) is 5.56 Å². The smallest absolute Gasteiger partial charge is 0.258 e. The summed E-state index contributed by atoms with van der Waals surface area (Å²) in [6, 6.07) is 17.9. The minimum absolute atomic E-state index is 0.195. The number of methoxy groups -OCH3 is 2. The summed E-state index contributed by atoms with van der Waals surface area (Å²) in [4.78, 5) is 22.5. The third-order valence-electron chi connectivity index (χ3n) is 5.09. The van der Waals surface area contributed by atoms with Crippen LogP contribution >= 0.6 is 0 Å². The number of nitrogens with one attached hydrogen (secondary N) is 1. The van der Waals surface area contributed by atoms with Gasteiger partial charge in [-0.2, -0.15) is 0 Å². The van der Waals surface area contributed by atoms with Crippen LogP contribution in [0.15, 0.2) is 59.4 Å². The molecule has 1 N–H and O–H groups in total. The van der Waals surface area contributed by atoms with E-state index in [1.807, 2.05) is 18.2 Å². The van der Waals surface area contributed by atoms with E-state index >= 15 is 0 Å². The number of rotatable bonds is 6. The summed E-state index contributed by atoms with van der Waals surface area (Å²) in [6.07, 6.45) is 0. The lowest BCUT2D eigenvalue weighted by Crippen LogP contribution is -2.25. The van der Waals surface area contributed by atoms with Gasteiger partial charge in [0.1, 0.15) is 5.82 Å². The van der Waals surface area contributed by atoms with E-state index in [0.29, 0.717) is 34.8 Å². The van der Waals surface area contributed by atoms with Crippen LogP contribution in [-0.4, -0.2) is 30.7 Å². The molecule has 4 rings (SSSR count). The molecule has 0 aliphatic heterocycles. The number of ether oxygens (including phenoxy) is 2. The molecule has 0 saturated carbocycles. The molecule has 0 aliphatic rings. The first-order valence-corrected chi connectivity index (χ1v) is 9.52. The largest absolute Gasteiger partial charge is 0.493 e. The van der Waals surface area contributed by atoms with Gasteiger partial charge in [0.15, 0.2) is 11.5 Å². The molecular formula is C23H23N3O3. The first-order valence-electron chi connectivity index (χ1n) is 9.52. The Labute approximate surface area is 168 Å². The second-order valence-corrected chi connectivity index (χ2v) is 6.75. The van der Waals surface area contributed by atoms with Crippen LogP contribution < -0.4 is 19.9 Å². The molecule has 0 amide bonds. The van der Waals surface area contributed by atoms with Crippen molar-refractivity contribution in [2.75, 3.05) is 25.7 Å². The van der Waals surface area contributed by atoms with Crippen LogP contribution in [0.2, 0.25) is 0 Å². The van der Waals surface area contributed by atoms with Gasteiger partial charge in [0.25, 0.3) is 5.56 Å². The predicted molar refractivity (Wildman–Crippen MR) is 116 cm³/mol. The van der Waals surface area contributed by atoms with Crippen molar-refractivity contribution in [1.29, 1.82) is 0 Å². The molecule has 1 heterocycles. The second-order valence-electron chi connectivity index (χ2n) is 6.75. The minimum atomic E-state index is -0.195. The average molecular weight is 389 g/mol. The van der Waals surface area contributed by atoms with E-state index in [0.717, 1.165) is 12.2 Å². The highest BCUT2D eigenvalue weighted by molar-refractivity contribution is 5.94. The van der Waals surface area contributed by atoms with Crippen molar-refractivity contribution in [3.05, 3.63) is 70.8 Å². The summed E-state index contributed by atoms with van der Waals surface area (Å²) < 4.78 is 10.7. The lowest BCUT2D eigenvalue weighted by atomic mass is 10.1. The fourth-order valence-electron chi connectivity index (χ4n) is 3.62.